The molecule has 0 unspecified atom stereocenters. The molecule has 0 spiro atoms. The van der Waals surface area contributed by atoms with Gasteiger partial charge in [0, 0.05) is 0 Å². The van der Waals surface area contributed by atoms with E-state index in [4.69, 9.17) is 14.2 Å². The van der Waals surface area contributed by atoms with Gasteiger partial charge in [-0.05, 0) is 45.4 Å². The van der Waals surface area contributed by atoms with Crippen molar-refractivity contribution in [1.29, 1.82) is 0 Å². The normalized spacial score (nSPS) is 12.5. The summed E-state index contributed by atoms with van der Waals surface area (Å²) in [7, 11) is 2.37. The van der Waals surface area contributed by atoms with Crippen LogP contribution in [0.2, 0.25) is 0 Å². The summed E-state index contributed by atoms with van der Waals surface area (Å²) in [4.78, 5) is 23.5. The van der Waals surface area contributed by atoms with E-state index < -0.39 is 24.1 Å². The molecule has 0 saturated heterocycles. The number of ether oxygens (including phenoxy) is 4. The maximum Gasteiger partial charge on any atom is 0.471 e. The first-order valence-electron chi connectivity index (χ1n) is 8.41. The predicted molar refractivity (Wildman–Crippen MR) is 93.5 cm³/mol. The number of amides is 1. The van der Waals surface area contributed by atoms with Crippen LogP contribution in [-0.2, 0) is 14.3 Å². The van der Waals surface area contributed by atoms with Gasteiger partial charge in [-0.25, -0.2) is 4.79 Å². The Bertz CT molecular complexity index is 672. The van der Waals surface area contributed by atoms with Crippen molar-refractivity contribution in [3.8, 4) is 17.2 Å². The predicted octanol–water partition coefficient (Wildman–Crippen LogP) is 3.16. The van der Waals surface area contributed by atoms with Crippen molar-refractivity contribution in [3.63, 3.8) is 0 Å². The Hall–Kier alpha value is -2.65. The number of carbonyl (C=O) groups is 2. The second-order valence-corrected chi connectivity index (χ2v) is 6.31. The van der Waals surface area contributed by atoms with Crippen LogP contribution in [-0.4, -0.2) is 44.5 Å². The van der Waals surface area contributed by atoms with E-state index in [0.717, 1.165) is 7.11 Å². The molecule has 0 aliphatic carbocycles. The number of alkyl halides is 3. The molecule has 0 saturated carbocycles. The average Bonchev–Trinajstić information content (AvgIpc) is 2.56. The Kier molecular flexibility index (Phi) is 7.95. The summed E-state index contributed by atoms with van der Waals surface area (Å²) in [6.45, 7) is 6.94. The number of rotatable bonds is 8. The fraction of sp³-hybridized carbons (Fsp3) is 0.556. The van der Waals surface area contributed by atoms with Gasteiger partial charge in [0.2, 0.25) is 5.75 Å². The monoisotopic (exact) mass is 407 g/mol. The van der Waals surface area contributed by atoms with E-state index in [1.807, 2.05) is 0 Å². The summed E-state index contributed by atoms with van der Waals surface area (Å²) in [6.07, 6.45) is -5.79. The van der Waals surface area contributed by atoms with Gasteiger partial charge in [-0.15, -0.1) is 0 Å². The quantitative estimate of drug-likeness (QED) is 0.667. The lowest BCUT2D eigenvalue weighted by Crippen LogP contribution is -2.42. The van der Waals surface area contributed by atoms with Crippen LogP contribution in [0.4, 0.5) is 13.2 Å². The van der Waals surface area contributed by atoms with Crippen LogP contribution in [0.15, 0.2) is 12.1 Å². The number of nitrogens with one attached hydrogen (secondary N) is 1. The number of carbonyl (C=O) groups excluding carboxylic acids is 2. The van der Waals surface area contributed by atoms with Gasteiger partial charge in [-0.2, -0.15) is 13.2 Å². The smallest absolute Gasteiger partial charge is 0.471 e. The zero-order chi connectivity index (χ0) is 21.6. The molecule has 1 rings (SSSR count). The van der Waals surface area contributed by atoms with Crippen molar-refractivity contribution in [2.24, 2.45) is 0 Å². The van der Waals surface area contributed by atoms with E-state index in [9.17, 15) is 22.8 Å². The third kappa shape index (κ3) is 6.21. The van der Waals surface area contributed by atoms with Crippen LogP contribution in [0.3, 0.4) is 0 Å². The van der Waals surface area contributed by atoms with Crippen LogP contribution in [0, 0.1) is 0 Å². The van der Waals surface area contributed by atoms with Gasteiger partial charge in [0.1, 0.15) is 0 Å². The van der Waals surface area contributed by atoms with Crippen LogP contribution < -0.4 is 19.5 Å². The largest absolute Gasteiger partial charge is 0.490 e. The highest BCUT2D eigenvalue weighted by Gasteiger charge is 2.41. The topological polar surface area (TPSA) is 83.1 Å². The minimum atomic E-state index is -5.17. The van der Waals surface area contributed by atoms with Crippen LogP contribution in [0.1, 0.15) is 39.3 Å². The molecular weight excluding hydrogens is 383 g/mol. The molecular formula is C18H24F3NO6. The number of methoxy groups -OCH3 is 2. The van der Waals surface area contributed by atoms with Crippen molar-refractivity contribution >= 4 is 11.9 Å². The van der Waals surface area contributed by atoms with Crippen molar-refractivity contribution in [2.75, 3.05) is 14.2 Å². The molecule has 1 aromatic rings. The highest BCUT2D eigenvalue weighted by molar-refractivity contribution is 5.88. The first-order valence-corrected chi connectivity index (χ1v) is 8.41. The van der Waals surface area contributed by atoms with E-state index >= 15 is 0 Å². The molecule has 1 aromatic carbocycles. The van der Waals surface area contributed by atoms with Gasteiger partial charge in [-0.3, -0.25) is 4.79 Å². The second-order valence-electron chi connectivity index (χ2n) is 6.31. The van der Waals surface area contributed by atoms with E-state index in [1.54, 1.807) is 33.0 Å². The van der Waals surface area contributed by atoms with Crippen LogP contribution in [0.5, 0.6) is 17.2 Å². The lowest BCUT2D eigenvalue weighted by atomic mass is 10.0. The standard InChI is InChI=1S/C18H24F3NO6/c1-9(2)27-12-7-11(8-13(15(12)25-5)28-10(3)4)14(16(23)26-6)22-17(24)18(19,20)21/h7-10,14H,1-6H3,(H,22,24)/t14-/m0/s1. The lowest BCUT2D eigenvalue weighted by Gasteiger charge is -2.23. The molecule has 10 heteroatoms. The maximum atomic E-state index is 12.7. The first-order chi connectivity index (χ1) is 12.9. The fourth-order valence-corrected chi connectivity index (χ4v) is 2.26. The Morgan fingerprint density at radius 3 is 1.75 bits per heavy atom. The highest BCUT2D eigenvalue weighted by atomic mass is 19.4. The molecule has 28 heavy (non-hydrogen) atoms. The number of hydrogen-bond donors (Lipinski definition) is 1. The molecule has 1 atom stereocenters. The third-order valence-corrected chi connectivity index (χ3v) is 3.28. The van der Waals surface area contributed by atoms with Crippen molar-refractivity contribution < 1.29 is 41.7 Å². The Balaban J connectivity index is 3.53. The van der Waals surface area contributed by atoms with E-state index in [-0.39, 0.29) is 35.0 Å². The number of esters is 1. The molecule has 0 heterocycles. The fourth-order valence-electron chi connectivity index (χ4n) is 2.26. The van der Waals surface area contributed by atoms with Crippen molar-refractivity contribution in [1.82, 2.24) is 5.32 Å². The minimum Gasteiger partial charge on any atom is -0.490 e. The zero-order valence-electron chi connectivity index (χ0n) is 16.5. The average molecular weight is 407 g/mol. The summed E-state index contributed by atoms with van der Waals surface area (Å²) < 4.78 is 59.2. The van der Waals surface area contributed by atoms with Gasteiger partial charge in [0.15, 0.2) is 17.5 Å². The molecule has 0 aliphatic heterocycles. The SMILES string of the molecule is COC(=O)[C@@H](NC(=O)C(F)(F)F)c1cc(OC(C)C)c(OC)c(OC(C)C)c1. The Labute approximate surface area is 161 Å². The molecule has 7 nitrogen and oxygen atoms in total. The first kappa shape index (κ1) is 23.4. The van der Waals surface area contributed by atoms with Crippen molar-refractivity contribution in [2.45, 2.75) is 52.1 Å². The summed E-state index contributed by atoms with van der Waals surface area (Å²) in [5.41, 5.74) is -0.0171. The van der Waals surface area contributed by atoms with Crippen LogP contribution in [0.25, 0.3) is 0 Å². The molecule has 0 fully saturated rings. The molecule has 1 N–H and O–H groups in total. The van der Waals surface area contributed by atoms with Crippen LogP contribution >= 0.6 is 0 Å². The van der Waals surface area contributed by atoms with Gasteiger partial charge in [0.25, 0.3) is 0 Å². The highest BCUT2D eigenvalue weighted by Crippen LogP contribution is 2.41. The van der Waals surface area contributed by atoms with E-state index in [0.29, 0.717) is 0 Å². The molecule has 0 aromatic heterocycles. The summed E-state index contributed by atoms with van der Waals surface area (Å²) in [6, 6.07) is 0.864. The minimum absolute atomic E-state index is 0.0171. The molecule has 0 bridgehead atoms. The van der Waals surface area contributed by atoms with Crippen molar-refractivity contribution in [3.05, 3.63) is 17.7 Å². The Morgan fingerprint density at radius 2 is 1.43 bits per heavy atom. The summed E-state index contributed by atoms with van der Waals surface area (Å²) in [5, 5.41) is 1.63. The zero-order valence-corrected chi connectivity index (χ0v) is 16.5. The Morgan fingerprint density at radius 1 is 0.964 bits per heavy atom. The molecule has 0 radical (unpaired) electrons. The van der Waals surface area contributed by atoms with Gasteiger partial charge in [0.05, 0.1) is 26.4 Å². The third-order valence-electron chi connectivity index (χ3n) is 3.28. The molecule has 158 valence electrons. The number of hydrogen-bond acceptors (Lipinski definition) is 6. The molecule has 1 amide bonds. The van der Waals surface area contributed by atoms with E-state index in [2.05, 4.69) is 4.74 Å². The van der Waals surface area contributed by atoms with Gasteiger partial charge < -0.3 is 24.3 Å². The van der Waals surface area contributed by atoms with E-state index in [1.165, 1.54) is 19.2 Å². The maximum absolute atomic E-state index is 12.7. The van der Waals surface area contributed by atoms with Gasteiger partial charge >= 0.3 is 18.1 Å². The number of benzene rings is 1. The lowest BCUT2D eigenvalue weighted by molar-refractivity contribution is -0.175. The number of halogens is 3. The second kappa shape index (κ2) is 9.52. The summed E-state index contributed by atoms with van der Waals surface area (Å²) in [5.74, 6) is -2.89. The van der Waals surface area contributed by atoms with Gasteiger partial charge in [-0.1, -0.05) is 0 Å². The summed E-state index contributed by atoms with van der Waals surface area (Å²) >= 11 is 0. The molecule has 0 aliphatic rings.